The van der Waals surface area contributed by atoms with Crippen molar-refractivity contribution in [3.05, 3.63) is 17.5 Å². The highest BCUT2D eigenvalue weighted by Gasteiger charge is 2.25. The fourth-order valence-corrected chi connectivity index (χ4v) is 2.11. The van der Waals surface area contributed by atoms with Crippen LogP contribution in [0.2, 0.25) is 0 Å². The average molecular weight is 293 g/mol. The van der Waals surface area contributed by atoms with Crippen LogP contribution in [0.3, 0.4) is 0 Å². The van der Waals surface area contributed by atoms with Gasteiger partial charge in [0.1, 0.15) is 5.76 Å². The summed E-state index contributed by atoms with van der Waals surface area (Å²) < 4.78 is 4.95. The zero-order chi connectivity index (χ0) is 15.4. The lowest BCUT2D eigenvalue weighted by Gasteiger charge is -2.23. The Morgan fingerprint density at radius 2 is 2.19 bits per heavy atom. The molecule has 1 fully saturated rings. The van der Waals surface area contributed by atoms with E-state index in [1.54, 1.807) is 17.9 Å². The van der Waals surface area contributed by atoms with Crippen LogP contribution in [0.15, 0.2) is 10.6 Å². The maximum absolute atomic E-state index is 12.4. The molecule has 0 spiro atoms. The quantitative estimate of drug-likeness (QED) is 0.831. The van der Waals surface area contributed by atoms with Crippen molar-refractivity contribution in [2.24, 2.45) is 5.92 Å². The van der Waals surface area contributed by atoms with E-state index < -0.39 is 0 Å². The van der Waals surface area contributed by atoms with E-state index in [2.05, 4.69) is 10.5 Å². The van der Waals surface area contributed by atoms with Crippen molar-refractivity contribution in [2.45, 2.75) is 46.1 Å². The zero-order valence-corrected chi connectivity index (χ0v) is 12.9. The molecule has 1 aromatic heterocycles. The van der Waals surface area contributed by atoms with Crippen molar-refractivity contribution >= 4 is 11.8 Å². The first-order chi connectivity index (χ1) is 9.95. The Labute approximate surface area is 124 Å². The second-order valence-corrected chi connectivity index (χ2v) is 6.06. The van der Waals surface area contributed by atoms with Crippen LogP contribution in [0.25, 0.3) is 0 Å². The molecule has 0 bridgehead atoms. The Bertz CT molecular complexity index is 506. The summed E-state index contributed by atoms with van der Waals surface area (Å²) in [5.74, 6) is 0.762. The smallest absolute Gasteiger partial charge is 0.276 e. The fourth-order valence-electron chi connectivity index (χ4n) is 2.11. The van der Waals surface area contributed by atoms with Crippen LogP contribution in [-0.4, -0.2) is 41.0 Å². The van der Waals surface area contributed by atoms with Gasteiger partial charge in [-0.1, -0.05) is 19.0 Å². The molecule has 1 aliphatic carbocycles. The third-order valence-corrected chi connectivity index (χ3v) is 3.27. The Morgan fingerprint density at radius 1 is 1.48 bits per heavy atom. The van der Waals surface area contributed by atoms with E-state index in [0.29, 0.717) is 42.9 Å². The van der Waals surface area contributed by atoms with Crippen LogP contribution < -0.4 is 5.32 Å². The van der Waals surface area contributed by atoms with Crippen molar-refractivity contribution in [3.8, 4) is 0 Å². The highest BCUT2D eigenvalue weighted by molar-refractivity contribution is 5.92. The minimum Gasteiger partial charge on any atom is -0.361 e. The summed E-state index contributed by atoms with van der Waals surface area (Å²) in [5.41, 5.74) is 0.302. The van der Waals surface area contributed by atoms with Crippen LogP contribution in [0.1, 0.15) is 49.4 Å². The Kier molecular flexibility index (Phi) is 4.98. The number of nitrogens with one attached hydrogen (secondary N) is 1. The lowest BCUT2D eigenvalue weighted by Crippen LogP contribution is -2.38. The summed E-state index contributed by atoms with van der Waals surface area (Å²) in [5, 5.41) is 6.70. The zero-order valence-electron chi connectivity index (χ0n) is 12.9. The lowest BCUT2D eigenvalue weighted by atomic mass is 10.2. The van der Waals surface area contributed by atoms with Crippen LogP contribution in [-0.2, 0) is 4.79 Å². The summed E-state index contributed by atoms with van der Waals surface area (Å²) in [7, 11) is 0. The first-order valence-corrected chi connectivity index (χ1v) is 7.47. The number of nitrogens with zero attached hydrogens (tertiary/aromatic N) is 2. The van der Waals surface area contributed by atoms with Gasteiger partial charge in [0, 0.05) is 31.6 Å². The number of rotatable bonds is 7. The third-order valence-electron chi connectivity index (χ3n) is 3.27. The summed E-state index contributed by atoms with van der Waals surface area (Å²) in [6, 6.07) is 1.98. The fraction of sp³-hybridized carbons (Fsp3) is 0.667. The minimum absolute atomic E-state index is 0.00962. The summed E-state index contributed by atoms with van der Waals surface area (Å²) in [4.78, 5) is 25.9. The van der Waals surface area contributed by atoms with E-state index in [9.17, 15) is 9.59 Å². The lowest BCUT2D eigenvalue weighted by molar-refractivity contribution is -0.121. The van der Waals surface area contributed by atoms with E-state index in [4.69, 9.17) is 4.52 Å². The number of aryl methyl sites for hydroxylation is 1. The minimum atomic E-state index is -0.181. The molecule has 6 nitrogen and oxygen atoms in total. The van der Waals surface area contributed by atoms with E-state index >= 15 is 0 Å². The van der Waals surface area contributed by atoms with Gasteiger partial charge in [-0.15, -0.1) is 0 Å². The van der Waals surface area contributed by atoms with Gasteiger partial charge < -0.3 is 14.7 Å². The molecule has 0 aliphatic heterocycles. The predicted octanol–water partition coefficient (Wildman–Crippen LogP) is 1.75. The standard InChI is InChI=1S/C15H23N3O3/c1-10(2)9-18(7-6-14(19)16-12-4-5-12)15(20)13-8-11(3)21-17-13/h8,10,12H,4-7,9H2,1-3H3,(H,16,19). The van der Waals surface area contributed by atoms with Gasteiger partial charge in [0.15, 0.2) is 5.69 Å². The van der Waals surface area contributed by atoms with Gasteiger partial charge in [0.25, 0.3) is 5.91 Å². The van der Waals surface area contributed by atoms with Gasteiger partial charge in [-0.05, 0) is 25.7 Å². The Hall–Kier alpha value is -1.85. The van der Waals surface area contributed by atoms with Crippen LogP contribution in [0.5, 0.6) is 0 Å². The second kappa shape index (κ2) is 6.74. The Balaban J connectivity index is 1.92. The number of aromatic nitrogens is 1. The maximum Gasteiger partial charge on any atom is 0.276 e. The highest BCUT2D eigenvalue weighted by atomic mass is 16.5. The molecule has 0 unspecified atom stereocenters. The van der Waals surface area contributed by atoms with E-state index in [-0.39, 0.29) is 11.8 Å². The molecule has 1 N–H and O–H groups in total. The molecular weight excluding hydrogens is 270 g/mol. The number of amides is 2. The number of hydrogen-bond acceptors (Lipinski definition) is 4. The average Bonchev–Trinajstić information content (AvgIpc) is 3.12. The van der Waals surface area contributed by atoms with E-state index in [1.165, 1.54) is 0 Å². The van der Waals surface area contributed by atoms with Gasteiger partial charge in [0.2, 0.25) is 5.91 Å². The molecule has 0 saturated heterocycles. The largest absolute Gasteiger partial charge is 0.361 e. The molecule has 0 atom stereocenters. The van der Waals surface area contributed by atoms with Gasteiger partial charge in [-0.3, -0.25) is 9.59 Å². The number of carbonyl (C=O) groups excluding carboxylic acids is 2. The molecule has 1 aliphatic rings. The molecule has 2 amide bonds. The molecule has 21 heavy (non-hydrogen) atoms. The van der Waals surface area contributed by atoms with Crippen LogP contribution in [0.4, 0.5) is 0 Å². The molecule has 1 saturated carbocycles. The Morgan fingerprint density at radius 3 is 2.71 bits per heavy atom. The van der Waals surface area contributed by atoms with Crippen LogP contribution in [0, 0.1) is 12.8 Å². The number of hydrogen-bond donors (Lipinski definition) is 1. The maximum atomic E-state index is 12.4. The predicted molar refractivity (Wildman–Crippen MR) is 77.8 cm³/mol. The molecular formula is C15H23N3O3. The third kappa shape index (κ3) is 4.88. The normalized spacial score (nSPS) is 14.3. The van der Waals surface area contributed by atoms with E-state index in [1.807, 2.05) is 13.8 Å². The first kappa shape index (κ1) is 15.5. The van der Waals surface area contributed by atoms with Gasteiger partial charge in [-0.2, -0.15) is 0 Å². The molecule has 6 heteroatoms. The van der Waals surface area contributed by atoms with Gasteiger partial charge >= 0.3 is 0 Å². The summed E-state index contributed by atoms with van der Waals surface area (Å²) in [6.07, 6.45) is 2.46. The van der Waals surface area contributed by atoms with Crippen molar-refractivity contribution in [2.75, 3.05) is 13.1 Å². The SMILES string of the molecule is Cc1cc(C(=O)N(CCC(=O)NC2CC2)CC(C)C)no1. The van der Waals surface area contributed by atoms with E-state index in [0.717, 1.165) is 12.8 Å². The second-order valence-electron chi connectivity index (χ2n) is 6.06. The monoisotopic (exact) mass is 293 g/mol. The summed E-state index contributed by atoms with van der Waals surface area (Å²) >= 11 is 0. The molecule has 2 rings (SSSR count). The van der Waals surface area contributed by atoms with Gasteiger partial charge in [-0.25, -0.2) is 0 Å². The van der Waals surface area contributed by atoms with Crippen molar-refractivity contribution < 1.29 is 14.1 Å². The molecule has 1 heterocycles. The topological polar surface area (TPSA) is 75.4 Å². The van der Waals surface area contributed by atoms with Crippen molar-refractivity contribution in [1.29, 1.82) is 0 Å². The molecule has 1 aromatic rings. The first-order valence-electron chi connectivity index (χ1n) is 7.47. The molecule has 0 aromatic carbocycles. The molecule has 116 valence electrons. The van der Waals surface area contributed by atoms with Crippen molar-refractivity contribution in [1.82, 2.24) is 15.4 Å². The highest BCUT2D eigenvalue weighted by Crippen LogP contribution is 2.18. The van der Waals surface area contributed by atoms with Crippen molar-refractivity contribution in [3.63, 3.8) is 0 Å². The van der Waals surface area contributed by atoms with Crippen LogP contribution >= 0.6 is 0 Å². The number of carbonyl (C=O) groups is 2. The van der Waals surface area contributed by atoms with Gasteiger partial charge in [0.05, 0.1) is 0 Å². The molecule has 0 radical (unpaired) electrons. The summed E-state index contributed by atoms with van der Waals surface area (Å²) in [6.45, 7) is 6.83.